The Morgan fingerprint density at radius 1 is 0.800 bits per heavy atom. The molecule has 0 saturated carbocycles. The van der Waals surface area contributed by atoms with E-state index in [2.05, 4.69) is 63.7 Å². The molecule has 147 valence electrons. The number of halogens is 4. The van der Waals surface area contributed by atoms with E-state index < -0.39 is 11.6 Å². The number of benzene rings is 3. The van der Waals surface area contributed by atoms with Gasteiger partial charge < -0.3 is 19.7 Å². The number of hydrogen-bond acceptors (Lipinski definition) is 5. The van der Waals surface area contributed by atoms with E-state index in [0.29, 0.717) is 40.1 Å². The molecule has 5 rings (SSSR count). The van der Waals surface area contributed by atoms with E-state index >= 15 is 0 Å². The summed E-state index contributed by atoms with van der Waals surface area (Å²) < 4.78 is 13.6. The van der Waals surface area contributed by atoms with Gasteiger partial charge in [0.1, 0.15) is 20.4 Å². The van der Waals surface area contributed by atoms with Crippen LogP contribution in [0.15, 0.2) is 54.3 Å². The van der Waals surface area contributed by atoms with Crippen LogP contribution in [-0.2, 0) is 10.3 Å². The minimum absolute atomic E-state index is 0. The molecule has 5 nitrogen and oxygen atoms in total. The first-order valence-corrected chi connectivity index (χ1v) is 11.4. The molecule has 0 amide bonds. The zero-order chi connectivity index (χ0) is 20.7. The molecule has 3 aromatic rings. The van der Waals surface area contributed by atoms with E-state index in [-0.39, 0.29) is 52.6 Å². The molecule has 0 bridgehead atoms. The van der Waals surface area contributed by atoms with Crippen LogP contribution in [0.2, 0.25) is 0 Å². The second-order valence-electron chi connectivity index (χ2n) is 6.51. The third-order valence-corrected chi connectivity index (χ3v) is 7.71. The summed E-state index contributed by atoms with van der Waals surface area (Å²) in [5.41, 5.74) is 0.819. The second kappa shape index (κ2) is 7.79. The number of carbonyl (C=O) groups excluding carboxylic acids is 1. The van der Waals surface area contributed by atoms with Gasteiger partial charge in [0, 0.05) is 35.1 Å². The van der Waals surface area contributed by atoms with Gasteiger partial charge in [0.25, 0.3) is 0 Å². The predicted molar refractivity (Wildman–Crippen MR) is 125 cm³/mol. The molecule has 0 aliphatic carbocycles. The summed E-state index contributed by atoms with van der Waals surface area (Å²) in [6.45, 7) is 0. The largest absolute Gasteiger partial charge is 0.505 e. The van der Waals surface area contributed by atoms with Crippen LogP contribution in [0.4, 0.5) is 0 Å². The van der Waals surface area contributed by atoms with Crippen molar-refractivity contribution in [2.45, 2.75) is 5.60 Å². The van der Waals surface area contributed by atoms with Crippen molar-refractivity contribution in [3.05, 3.63) is 76.5 Å². The average molecular weight is 671 g/mol. The smallest absolute Gasteiger partial charge is 0.340 e. The zero-order valence-electron chi connectivity index (χ0n) is 15.1. The number of hydrogen-bond donors (Lipinski definition) is 2. The van der Waals surface area contributed by atoms with Crippen LogP contribution < -0.4 is 4.74 Å². The summed E-state index contributed by atoms with van der Waals surface area (Å²) in [6.07, 6.45) is 0. The van der Waals surface area contributed by atoms with Gasteiger partial charge in [-0.25, -0.2) is 4.79 Å². The number of rotatable bonds is 0. The Morgan fingerprint density at radius 2 is 1.30 bits per heavy atom. The fourth-order valence-corrected chi connectivity index (χ4v) is 6.17. The summed E-state index contributed by atoms with van der Waals surface area (Å²) >= 11 is 13.5. The van der Waals surface area contributed by atoms with Gasteiger partial charge in [0.15, 0.2) is 17.1 Å². The molecule has 1 radical (unpaired) electrons. The molecular weight excluding hydrogens is 663 g/mol. The molecule has 0 aromatic heterocycles. The molecule has 2 N–H and O–H groups in total. The monoisotopic (exact) mass is 667 g/mol. The minimum atomic E-state index is -1.33. The standard InChI is InChI=1S/C20H8Br4O5.Na/c21-11-5-9-17(13(23)15(11)25)28-18-10(6-12(22)16(26)14(18)24)20(9)8-4-2-1-3-7(8)19(27)29-20;/h1-6,25-26H;. The van der Waals surface area contributed by atoms with E-state index in [9.17, 15) is 15.0 Å². The number of phenols is 2. The number of aromatic hydroxyl groups is 2. The number of ether oxygens (including phenoxy) is 2. The summed E-state index contributed by atoms with van der Waals surface area (Å²) in [7, 11) is 0. The number of esters is 1. The Bertz CT molecular complexity index is 1200. The molecule has 2 heterocycles. The topological polar surface area (TPSA) is 76.0 Å². The van der Waals surface area contributed by atoms with E-state index in [1.54, 1.807) is 24.3 Å². The van der Waals surface area contributed by atoms with Crippen molar-refractivity contribution in [3.63, 3.8) is 0 Å². The molecule has 2 aliphatic heterocycles. The summed E-state index contributed by atoms with van der Waals surface area (Å²) in [4.78, 5) is 12.8. The predicted octanol–water partition coefficient (Wildman–Crippen LogP) is 6.34. The van der Waals surface area contributed by atoms with Gasteiger partial charge in [0.2, 0.25) is 0 Å². The van der Waals surface area contributed by atoms with Crippen molar-refractivity contribution in [2.75, 3.05) is 0 Å². The molecule has 10 heteroatoms. The van der Waals surface area contributed by atoms with Crippen LogP contribution in [0.25, 0.3) is 0 Å². The van der Waals surface area contributed by atoms with Crippen molar-refractivity contribution in [1.29, 1.82) is 0 Å². The van der Waals surface area contributed by atoms with Crippen LogP contribution in [-0.4, -0.2) is 45.7 Å². The van der Waals surface area contributed by atoms with Crippen molar-refractivity contribution < 1.29 is 24.5 Å². The quantitative estimate of drug-likeness (QED) is 0.216. The number of phenolic OH excluding ortho intramolecular Hbond substituents is 2. The fraction of sp³-hybridized carbons (Fsp3) is 0.0500. The SMILES string of the molecule is O=C1OC2(c3ccccc31)c1cc(Br)c(O)c(Br)c1Oc1c2cc(Br)c(O)c1Br.[Na]. The Hall–Kier alpha value is -0.550. The van der Waals surface area contributed by atoms with Gasteiger partial charge >= 0.3 is 5.97 Å². The molecule has 0 saturated heterocycles. The first kappa shape index (κ1) is 22.6. The summed E-state index contributed by atoms with van der Waals surface area (Å²) in [6, 6.07) is 10.5. The number of carbonyl (C=O) groups is 1. The van der Waals surface area contributed by atoms with Crippen molar-refractivity contribution in [1.82, 2.24) is 0 Å². The Labute approximate surface area is 226 Å². The third-order valence-electron chi connectivity index (χ3n) is 5.03. The molecule has 3 aromatic carbocycles. The molecular formula is C20H8Br4NaO5. The Kier molecular flexibility index (Phi) is 5.88. The molecule has 2 aliphatic rings. The molecule has 1 spiro atoms. The van der Waals surface area contributed by atoms with Crippen molar-refractivity contribution in [2.24, 2.45) is 0 Å². The van der Waals surface area contributed by atoms with Crippen LogP contribution >= 0.6 is 63.7 Å². The van der Waals surface area contributed by atoms with E-state index in [1.165, 1.54) is 0 Å². The van der Waals surface area contributed by atoms with Gasteiger partial charge in [-0.05, 0) is 81.9 Å². The molecule has 0 unspecified atom stereocenters. The van der Waals surface area contributed by atoms with Crippen LogP contribution in [0.1, 0.15) is 27.0 Å². The molecule has 0 atom stereocenters. The number of fused-ring (bicyclic) bond motifs is 6. The average Bonchev–Trinajstić information content (AvgIpc) is 3.00. The third kappa shape index (κ3) is 2.89. The fourth-order valence-electron chi connectivity index (χ4n) is 3.77. The normalized spacial score (nSPS) is 14.9. The second-order valence-corrected chi connectivity index (χ2v) is 9.81. The van der Waals surface area contributed by atoms with Crippen molar-refractivity contribution in [3.8, 4) is 23.0 Å². The Morgan fingerprint density at radius 3 is 1.83 bits per heavy atom. The van der Waals surface area contributed by atoms with Crippen molar-refractivity contribution >= 4 is 99.2 Å². The van der Waals surface area contributed by atoms with E-state index in [4.69, 9.17) is 9.47 Å². The van der Waals surface area contributed by atoms with Crippen LogP contribution in [0.5, 0.6) is 23.0 Å². The van der Waals surface area contributed by atoms with Crippen LogP contribution in [0, 0.1) is 0 Å². The first-order chi connectivity index (χ1) is 13.8. The summed E-state index contributed by atoms with van der Waals surface area (Å²) in [5.74, 6) is -0.0230. The van der Waals surface area contributed by atoms with E-state index in [1.807, 2.05) is 12.1 Å². The zero-order valence-corrected chi connectivity index (χ0v) is 23.4. The molecule has 0 fully saturated rings. The maximum atomic E-state index is 12.8. The van der Waals surface area contributed by atoms with Gasteiger partial charge in [-0.1, -0.05) is 18.2 Å². The van der Waals surface area contributed by atoms with Gasteiger partial charge in [0.05, 0.1) is 25.6 Å². The Balaban J connectivity index is 0.00000218. The van der Waals surface area contributed by atoms with E-state index in [0.717, 1.165) is 0 Å². The first-order valence-electron chi connectivity index (χ1n) is 8.21. The van der Waals surface area contributed by atoms with Gasteiger partial charge in [-0.2, -0.15) is 0 Å². The van der Waals surface area contributed by atoms with Gasteiger partial charge in [-0.3, -0.25) is 0 Å². The minimum Gasteiger partial charge on any atom is -0.505 e. The molecule has 30 heavy (non-hydrogen) atoms. The van der Waals surface area contributed by atoms with Gasteiger partial charge in [-0.15, -0.1) is 0 Å². The maximum Gasteiger partial charge on any atom is 0.340 e. The summed E-state index contributed by atoms with van der Waals surface area (Å²) in [5, 5.41) is 20.8. The van der Waals surface area contributed by atoms with Crippen LogP contribution in [0.3, 0.4) is 0 Å². The maximum absolute atomic E-state index is 12.8.